The predicted octanol–water partition coefficient (Wildman–Crippen LogP) is 3.23. The van der Waals surface area contributed by atoms with E-state index in [0.717, 1.165) is 5.56 Å². The first-order chi connectivity index (χ1) is 11.5. The number of nitrogens with one attached hydrogen (secondary N) is 2. The molecule has 0 aliphatic rings. The van der Waals surface area contributed by atoms with Gasteiger partial charge in [-0.3, -0.25) is 0 Å². The maximum atomic E-state index is 13.3. The summed E-state index contributed by atoms with van der Waals surface area (Å²) in [5.74, 6) is -0.681. The lowest BCUT2D eigenvalue weighted by atomic mass is 10.1. The second-order valence-electron chi connectivity index (χ2n) is 5.42. The SMILES string of the molecule is CCNC(=NCc1ccc(F)c(C)c1)NCc1ccc(O)c(F)c1. The smallest absolute Gasteiger partial charge is 0.191 e. The van der Waals surface area contributed by atoms with E-state index < -0.39 is 5.82 Å². The van der Waals surface area contributed by atoms with Crippen LogP contribution in [0, 0.1) is 18.6 Å². The van der Waals surface area contributed by atoms with Crippen LogP contribution in [-0.2, 0) is 13.1 Å². The van der Waals surface area contributed by atoms with Crippen molar-refractivity contribution in [2.45, 2.75) is 26.9 Å². The number of aryl methyl sites for hydroxylation is 1. The van der Waals surface area contributed by atoms with Gasteiger partial charge in [0.05, 0.1) is 6.54 Å². The minimum absolute atomic E-state index is 0.234. The van der Waals surface area contributed by atoms with Gasteiger partial charge in [-0.05, 0) is 48.7 Å². The summed E-state index contributed by atoms with van der Waals surface area (Å²) in [5.41, 5.74) is 2.18. The number of benzene rings is 2. The van der Waals surface area contributed by atoms with Crippen LogP contribution in [-0.4, -0.2) is 17.6 Å². The van der Waals surface area contributed by atoms with Crippen molar-refractivity contribution in [1.29, 1.82) is 0 Å². The number of aliphatic imine (C=N–C) groups is 1. The maximum Gasteiger partial charge on any atom is 0.191 e. The maximum absolute atomic E-state index is 13.3. The van der Waals surface area contributed by atoms with Gasteiger partial charge in [-0.2, -0.15) is 0 Å². The molecule has 3 N–H and O–H groups in total. The van der Waals surface area contributed by atoms with Crippen LogP contribution in [0.3, 0.4) is 0 Å². The lowest BCUT2D eigenvalue weighted by Crippen LogP contribution is -2.36. The largest absolute Gasteiger partial charge is 0.505 e. The summed E-state index contributed by atoms with van der Waals surface area (Å²) < 4.78 is 26.6. The standard InChI is InChI=1S/C18H21F2N3O/c1-3-21-18(22-10-13-4-6-15(19)12(2)8-13)23-11-14-5-7-17(24)16(20)9-14/h4-9,24H,3,10-11H2,1-2H3,(H2,21,22,23). The zero-order valence-electron chi connectivity index (χ0n) is 13.7. The van der Waals surface area contributed by atoms with E-state index in [1.54, 1.807) is 25.1 Å². The van der Waals surface area contributed by atoms with Crippen LogP contribution in [0.1, 0.15) is 23.6 Å². The van der Waals surface area contributed by atoms with Gasteiger partial charge < -0.3 is 15.7 Å². The Morgan fingerprint density at radius 2 is 1.79 bits per heavy atom. The molecule has 4 nitrogen and oxygen atoms in total. The summed E-state index contributed by atoms with van der Waals surface area (Å²) in [7, 11) is 0. The first-order valence-corrected chi connectivity index (χ1v) is 7.74. The Balaban J connectivity index is 2.01. The molecule has 0 saturated carbocycles. The molecular weight excluding hydrogens is 312 g/mol. The van der Waals surface area contributed by atoms with E-state index in [9.17, 15) is 13.9 Å². The van der Waals surface area contributed by atoms with Crippen LogP contribution in [0.4, 0.5) is 8.78 Å². The second-order valence-corrected chi connectivity index (χ2v) is 5.42. The molecule has 0 aromatic heterocycles. The Kier molecular flexibility index (Phi) is 6.12. The molecule has 0 aliphatic carbocycles. The van der Waals surface area contributed by atoms with E-state index in [4.69, 9.17) is 0 Å². The predicted molar refractivity (Wildman–Crippen MR) is 90.9 cm³/mol. The normalized spacial score (nSPS) is 11.4. The number of hydrogen-bond donors (Lipinski definition) is 3. The molecule has 0 aliphatic heterocycles. The van der Waals surface area contributed by atoms with E-state index in [-0.39, 0.29) is 11.6 Å². The average molecular weight is 333 g/mol. The van der Waals surface area contributed by atoms with Gasteiger partial charge in [0, 0.05) is 13.1 Å². The zero-order valence-corrected chi connectivity index (χ0v) is 13.7. The molecular formula is C18H21F2N3O. The molecule has 2 aromatic carbocycles. The molecule has 0 unspecified atom stereocenters. The topological polar surface area (TPSA) is 56.7 Å². The molecule has 0 amide bonds. The number of aromatic hydroxyl groups is 1. The summed E-state index contributed by atoms with van der Waals surface area (Å²) in [6, 6.07) is 9.12. The lowest BCUT2D eigenvalue weighted by Gasteiger charge is -2.12. The Hall–Kier alpha value is -2.63. The molecule has 128 valence electrons. The zero-order chi connectivity index (χ0) is 17.5. The summed E-state index contributed by atoms with van der Waals surface area (Å²) in [4.78, 5) is 4.44. The molecule has 0 spiro atoms. The van der Waals surface area contributed by atoms with Gasteiger partial charge in [0.1, 0.15) is 5.82 Å². The van der Waals surface area contributed by atoms with Crippen LogP contribution >= 0.6 is 0 Å². The average Bonchev–Trinajstić information content (AvgIpc) is 2.56. The molecule has 6 heteroatoms. The van der Waals surface area contributed by atoms with Gasteiger partial charge in [-0.15, -0.1) is 0 Å². The highest BCUT2D eigenvalue weighted by molar-refractivity contribution is 5.79. The fourth-order valence-corrected chi connectivity index (χ4v) is 2.16. The van der Waals surface area contributed by atoms with E-state index in [0.29, 0.717) is 36.7 Å². The van der Waals surface area contributed by atoms with Gasteiger partial charge in [0.2, 0.25) is 0 Å². The summed E-state index contributed by atoms with van der Waals surface area (Å²) in [5, 5.41) is 15.4. The van der Waals surface area contributed by atoms with Crippen LogP contribution in [0.15, 0.2) is 41.4 Å². The van der Waals surface area contributed by atoms with Gasteiger partial charge >= 0.3 is 0 Å². The van der Waals surface area contributed by atoms with E-state index in [1.165, 1.54) is 18.2 Å². The van der Waals surface area contributed by atoms with Crippen LogP contribution in [0.25, 0.3) is 0 Å². The number of rotatable bonds is 5. The van der Waals surface area contributed by atoms with E-state index in [1.807, 2.05) is 6.92 Å². The van der Waals surface area contributed by atoms with Gasteiger partial charge in [-0.25, -0.2) is 13.8 Å². The minimum Gasteiger partial charge on any atom is -0.505 e. The third kappa shape index (κ3) is 4.94. The lowest BCUT2D eigenvalue weighted by molar-refractivity contribution is 0.431. The molecule has 0 saturated heterocycles. The summed E-state index contributed by atoms with van der Waals surface area (Å²) >= 11 is 0. The molecule has 24 heavy (non-hydrogen) atoms. The minimum atomic E-state index is -0.655. The van der Waals surface area contributed by atoms with Crippen molar-refractivity contribution in [3.8, 4) is 5.75 Å². The van der Waals surface area contributed by atoms with Crippen molar-refractivity contribution in [2.75, 3.05) is 6.54 Å². The Bertz CT molecular complexity index is 732. The van der Waals surface area contributed by atoms with E-state index >= 15 is 0 Å². The van der Waals surface area contributed by atoms with Crippen molar-refractivity contribution in [2.24, 2.45) is 4.99 Å². The highest BCUT2D eigenvalue weighted by Gasteiger charge is 2.04. The Morgan fingerprint density at radius 1 is 1.04 bits per heavy atom. The molecule has 0 fully saturated rings. The molecule has 2 rings (SSSR count). The highest BCUT2D eigenvalue weighted by Crippen LogP contribution is 2.16. The molecule has 0 heterocycles. The summed E-state index contributed by atoms with van der Waals surface area (Å²) in [6.07, 6.45) is 0. The van der Waals surface area contributed by atoms with Crippen LogP contribution in [0.2, 0.25) is 0 Å². The highest BCUT2D eigenvalue weighted by atomic mass is 19.1. The monoisotopic (exact) mass is 333 g/mol. The van der Waals surface area contributed by atoms with Crippen molar-refractivity contribution >= 4 is 5.96 Å². The van der Waals surface area contributed by atoms with Crippen molar-refractivity contribution in [3.63, 3.8) is 0 Å². The van der Waals surface area contributed by atoms with Gasteiger partial charge in [-0.1, -0.05) is 18.2 Å². The van der Waals surface area contributed by atoms with Crippen molar-refractivity contribution in [1.82, 2.24) is 10.6 Å². The number of nitrogens with zero attached hydrogens (tertiary/aromatic N) is 1. The number of hydrogen-bond acceptors (Lipinski definition) is 2. The molecule has 0 bridgehead atoms. The third-order valence-electron chi connectivity index (χ3n) is 3.46. The number of phenolic OH excluding ortho intramolecular Hbond substituents is 1. The fourth-order valence-electron chi connectivity index (χ4n) is 2.16. The third-order valence-corrected chi connectivity index (χ3v) is 3.46. The molecule has 0 radical (unpaired) electrons. The van der Waals surface area contributed by atoms with Crippen molar-refractivity contribution in [3.05, 3.63) is 64.7 Å². The second kappa shape index (κ2) is 8.29. The first-order valence-electron chi connectivity index (χ1n) is 7.74. The quantitative estimate of drug-likeness (QED) is 0.582. The Morgan fingerprint density at radius 3 is 2.46 bits per heavy atom. The Labute approximate surface area is 140 Å². The number of guanidine groups is 1. The summed E-state index contributed by atoms with van der Waals surface area (Å²) in [6.45, 7) is 5.11. The van der Waals surface area contributed by atoms with Crippen LogP contribution < -0.4 is 10.6 Å². The fraction of sp³-hybridized carbons (Fsp3) is 0.278. The molecule has 0 atom stereocenters. The van der Waals surface area contributed by atoms with Crippen LogP contribution in [0.5, 0.6) is 5.75 Å². The molecule has 2 aromatic rings. The number of phenols is 1. The first kappa shape index (κ1) is 17.7. The number of halogens is 2. The van der Waals surface area contributed by atoms with Gasteiger partial charge in [0.15, 0.2) is 17.5 Å². The van der Waals surface area contributed by atoms with Crippen molar-refractivity contribution < 1.29 is 13.9 Å². The van der Waals surface area contributed by atoms with Gasteiger partial charge in [0.25, 0.3) is 0 Å². The van der Waals surface area contributed by atoms with E-state index in [2.05, 4.69) is 15.6 Å².